The second-order valence-electron chi connectivity index (χ2n) is 3.01. The lowest BCUT2D eigenvalue weighted by Crippen LogP contribution is -2.21. The van der Waals surface area contributed by atoms with Crippen LogP contribution in [0.1, 0.15) is 10.4 Å². The van der Waals surface area contributed by atoms with Gasteiger partial charge in [-0.1, -0.05) is 0 Å². The van der Waals surface area contributed by atoms with Crippen LogP contribution >= 0.6 is 0 Å². The number of carbonyl (C=O) groups is 2. The van der Waals surface area contributed by atoms with Gasteiger partial charge in [-0.15, -0.1) is 0 Å². The van der Waals surface area contributed by atoms with E-state index in [2.05, 4.69) is 0 Å². The largest absolute Gasteiger partial charge is 0.497 e. The molecule has 0 aliphatic carbocycles. The summed E-state index contributed by atoms with van der Waals surface area (Å²) in [6.45, 7) is 0. The topological polar surface area (TPSA) is 75.6 Å². The molecule has 0 bridgehead atoms. The molecule has 0 aliphatic heterocycles. The number of halogens is 2. The molecule has 0 fully saturated rings. The molecule has 1 aromatic rings. The molecule has 1 amide bonds. The lowest BCUT2D eigenvalue weighted by atomic mass is 10.1. The summed E-state index contributed by atoms with van der Waals surface area (Å²) in [5.74, 6) is -2.66. The first kappa shape index (κ1) is 12.9. The van der Waals surface area contributed by atoms with E-state index in [0.29, 0.717) is 0 Å². The molecule has 1 aromatic carbocycles. The van der Waals surface area contributed by atoms with Gasteiger partial charge in [-0.25, -0.2) is 4.79 Å². The maximum Gasteiger partial charge on any atom is 0.337 e. The molecular weight excluding hydrogens is 236 g/mol. The minimum atomic E-state index is -3.21. The lowest BCUT2D eigenvalue weighted by Gasteiger charge is -2.09. The molecule has 0 unspecified atom stereocenters. The third kappa shape index (κ3) is 3.13. The third-order valence-electron chi connectivity index (χ3n) is 1.91. The number of methoxy groups -OCH3 is 1. The first-order valence-electron chi connectivity index (χ1n) is 4.46. The summed E-state index contributed by atoms with van der Waals surface area (Å²) in [7, 11) is 1.33. The van der Waals surface area contributed by atoms with E-state index < -0.39 is 18.3 Å². The molecule has 2 N–H and O–H groups in total. The monoisotopic (exact) mass is 245 g/mol. The van der Waals surface area contributed by atoms with Gasteiger partial charge in [-0.05, 0) is 18.2 Å². The van der Waals surface area contributed by atoms with Crippen molar-refractivity contribution in [1.82, 2.24) is 0 Å². The summed E-state index contributed by atoms with van der Waals surface area (Å²) < 4.78 is 28.8. The van der Waals surface area contributed by atoms with Crippen LogP contribution in [0.5, 0.6) is 5.75 Å². The highest BCUT2D eigenvalue weighted by Crippen LogP contribution is 2.22. The van der Waals surface area contributed by atoms with Crippen molar-refractivity contribution in [3.8, 4) is 5.75 Å². The second-order valence-corrected chi connectivity index (χ2v) is 3.01. The van der Waals surface area contributed by atoms with Gasteiger partial charge >= 0.3 is 12.4 Å². The number of benzene rings is 1. The fraction of sp³-hybridized carbons (Fsp3) is 0.200. The van der Waals surface area contributed by atoms with Crippen molar-refractivity contribution in [2.24, 2.45) is 0 Å². The van der Waals surface area contributed by atoms with Gasteiger partial charge < -0.3 is 15.2 Å². The maximum absolute atomic E-state index is 12.0. The van der Waals surface area contributed by atoms with Crippen LogP contribution in [0.2, 0.25) is 0 Å². The zero-order chi connectivity index (χ0) is 13.0. The van der Waals surface area contributed by atoms with Crippen LogP contribution in [0.25, 0.3) is 0 Å². The Bertz CT molecular complexity index is 448. The van der Waals surface area contributed by atoms with Crippen LogP contribution in [0.15, 0.2) is 18.2 Å². The number of nitrogens with one attached hydrogen (secondary N) is 1. The van der Waals surface area contributed by atoms with E-state index in [4.69, 9.17) is 9.84 Å². The van der Waals surface area contributed by atoms with Crippen LogP contribution < -0.4 is 10.1 Å². The quantitative estimate of drug-likeness (QED) is 0.844. The maximum atomic E-state index is 12.0. The minimum Gasteiger partial charge on any atom is -0.497 e. The van der Waals surface area contributed by atoms with Crippen LogP contribution in [0.4, 0.5) is 14.5 Å². The van der Waals surface area contributed by atoms with Crippen LogP contribution in [0.3, 0.4) is 0 Å². The van der Waals surface area contributed by atoms with E-state index in [1.165, 1.54) is 19.2 Å². The molecule has 0 atom stereocenters. The predicted octanol–water partition coefficient (Wildman–Crippen LogP) is 1.60. The number of rotatable bonds is 4. The molecular formula is C10H9F2NO4. The molecule has 5 nitrogen and oxygen atoms in total. The van der Waals surface area contributed by atoms with Crippen LogP contribution in [-0.4, -0.2) is 30.5 Å². The molecule has 0 saturated heterocycles. The first-order chi connectivity index (χ1) is 7.95. The zero-order valence-corrected chi connectivity index (χ0v) is 8.74. The smallest absolute Gasteiger partial charge is 0.337 e. The Balaban J connectivity index is 3.06. The molecule has 92 valence electrons. The van der Waals surface area contributed by atoms with Crippen molar-refractivity contribution in [3.63, 3.8) is 0 Å². The summed E-state index contributed by atoms with van der Waals surface area (Å²) in [6.07, 6.45) is -3.21. The number of alkyl halides is 2. The average molecular weight is 245 g/mol. The van der Waals surface area contributed by atoms with Gasteiger partial charge in [0, 0.05) is 0 Å². The van der Waals surface area contributed by atoms with Crippen molar-refractivity contribution in [2.45, 2.75) is 6.43 Å². The van der Waals surface area contributed by atoms with E-state index in [0.717, 1.165) is 6.07 Å². The molecule has 0 heterocycles. The highest BCUT2D eigenvalue weighted by molar-refractivity contribution is 6.01. The molecule has 0 spiro atoms. The van der Waals surface area contributed by atoms with Gasteiger partial charge in [0.1, 0.15) is 5.75 Å². The average Bonchev–Trinajstić information content (AvgIpc) is 2.29. The number of carboxylic acids is 1. The number of carboxylic acid groups (broad SMARTS) is 1. The number of amides is 1. The Hall–Kier alpha value is -2.18. The molecule has 0 saturated carbocycles. The number of anilines is 1. The van der Waals surface area contributed by atoms with E-state index >= 15 is 0 Å². The SMILES string of the molecule is COc1ccc(NC(=O)C(F)F)c(C(=O)O)c1. The standard InChI is InChI=1S/C10H9F2NO4/c1-17-5-2-3-7(6(4-5)10(15)16)13-9(14)8(11)12/h2-4,8H,1H3,(H,13,14)(H,15,16). The van der Waals surface area contributed by atoms with E-state index in [9.17, 15) is 18.4 Å². The van der Waals surface area contributed by atoms with Gasteiger partial charge in [0.2, 0.25) is 0 Å². The van der Waals surface area contributed by atoms with Crippen molar-refractivity contribution in [1.29, 1.82) is 0 Å². The fourth-order valence-corrected chi connectivity index (χ4v) is 1.12. The Labute approximate surface area is 95.0 Å². The van der Waals surface area contributed by atoms with E-state index in [1.807, 2.05) is 5.32 Å². The molecule has 0 aromatic heterocycles. The van der Waals surface area contributed by atoms with Crippen molar-refractivity contribution in [2.75, 3.05) is 12.4 Å². The highest BCUT2D eigenvalue weighted by atomic mass is 19.3. The normalized spacial score (nSPS) is 10.1. The van der Waals surface area contributed by atoms with E-state index in [-0.39, 0.29) is 17.0 Å². The fourth-order valence-electron chi connectivity index (χ4n) is 1.12. The predicted molar refractivity (Wildman–Crippen MR) is 54.6 cm³/mol. The number of hydrogen-bond donors (Lipinski definition) is 2. The van der Waals surface area contributed by atoms with Crippen molar-refractivity contribution >= 4 is 17.6 Å². The number of hydrogen-bond acceptors (Lipinski definition) is 3. The lowest BCUT2D eigenvalue weighted by molar-refractivity contribution is -0.126. The Morgan fingerprint density at radius 1 is 1.41 bits per heavy atom. The second kappa shape index (κ2) is 5.24. The number of aromatic carboxylic acids is 1. The van der Waals surface area contributed by atoms with Gasteiger partial charge in [-0.2, -0.15) is 8.78 Å². The molecule has 17 heavy (non-hydrogen) atoms. The van der Waals surface area contributed by atoms with E-state index in [1.54, 1.807) is 0 Å². The number of carbonyl (C=O) groups excluding carboxylic acids is 1. The summed E-state index contributed by atoms with van der Waals surface area (Å²) in [5.41, 5.74) is -0.526. The van der Waals surface area contributed by atoms with Crippen molar-refractivity contribution in [3.05, 3.63) is 23.8 Å². The third-order valence-corrected chi connectivity index (χ3v) is 1.91. The Morgan fingerprint density at radius 2 is 2.06 bits per heavy atom. The molecule has 1 rings (SSSR count). The van der Waals surface area contributed by atoms with Gasteiger partial charge in [0.15, 0.2) is 0 Å². The number of ether oxygens (including phenoxy) is 1. The van der Waals surface area contributed by atoms with Gasteiger partial charge in [0.25, 0.3) is 5.91 Å². The molecule has 7 heteroatoms. The highest BCUT2D eigenvalue weighted by Gasteiger charge is 2.19. The van der Waals surface area contributed by atoms with Gasteiger partial charge in [0.05, 0.1) is 18.4 Å². The zero-order valence-electron chi connectivity index (χ0n) is 8.74. The van der Waals surface area contributed by atoms with Crippen LogP contribution in [-0.2, 0) is 4.79 Å². The van der Waals surface area contributed by atoms with Crippen LogP contribution in [0, 0.1) is 0 Å². The Kier molecular flexibility index (Phi) is 3.97. The summed E-state index contributed by atoms with van der Waals surface area (Å²) >= 11 is 0. The van der Waals surface area contributed by atoms with Gasteiger partial charge in [-0.3, -0.25) is 4.79 Å². The summed E-state index contributed by atoms with van der Waals surface area (Å²) in [4.78, 5) is 21.6. The first-order valence-corrected chi connectivity index (χ1v) is 4.46. The Morgan fingerprint density at radius 3 is 2.53 bits per heavy atom. The molecule has 0 radical (unpaired) electrons. The minimum absolute atomic E-state index is 0.205. The summed E-state index contributed by atoms with van der Waals surface area (Å²) in [5, 5.41) is 10.7. The molecule has 0 aliphatic rings. The van der Waals surface area contributed by atoms with Crippen molar-refractivity contribution < 1.29 is 28.2 Å². The summed E-state index contributed by atoms with van der Waals surface area (Å²) in [6, 6.07) is 3.67.